The van der Waals surface area contributed by atoms with Gasteiger partial charge in [-0.25, -0.2) is 0 Å². The summed E-state index contributed by atoms with van der Waals surface area (Å²) < 4.78 is 40.5. The van der Waals surface area contributed by atoms with Gasteiger partial charge in [-0.3, -0.25) is 4.79 Å². The van der Waals surface area contributed by atoms with Crippen LogP contribution in [0.3, 0.4) is 0 Å². The molecule has 152 valence electrons. The summed E-state index contributed by atoms with van der Waals surface area (Å²) in [6.45, 7) is 3.51. The molecule has 0 saturated heterocycles. The normalized spacial score (nSPS) is 12.6. The van der Waals surface area contributed by atoms with Crippen molar-refractivity contribution >= 4 is 35.0 Å². The number of tetrazole rings is 1. The molecule has 1 heterocycles. The highest BCUT2D eigenvalue weighted by atomic mass is 35.5. The number of hydrogen-bond donors (Lipinski definition) is 1. The largest absolute Gasteiger partial charge is 0.417 e. The van der Waals surface area contributed by atoms with Crippen molar-refractivity contribution in [2.75, 3.05) is 5.32 Å². The number of benzene rings is 2. The molecule has 11 heteroatoms. The summed E-state index contributed by atoms with van der Waals surface area (Å²) in [5.41, 5.74) is 0.693. The summed E-state index contributed by atoms with van der Waals surface area (Å²) in [6, 6.07) is 10.7. The summed E-state index contributed by atoms with van der Waals surface area (Å²) >= 11 is 6.69. The Bertz CT molecular complexity index is 1040. The van der Waals surface area contributed by atoms with Gasteiger partial charge in [0, 0.05) is 5.69 Å². The molecule has 0 saturated carbocycles. The van der Waals surface area contributed by atoms with E-state index in [1.807, 2.05) is 31.2 Å². The molecule has 1 aromatic heterocycles. The number of carbonyl (C=O) groups is 1. The fourth-order valence-corrected chi connectivity index (χ4v) is 3.51. The lowest BCUT2D eigenvalue weighted by molar-refractivity contribution is -0.137. The Balaban J connectivity index is 1.75. The Hall–Kier alpha value is -2.59. The van der Waals surface area contributed by atoms with Crippen LogP contribution in [0.1, 0.15) is 18.1 Å². The summed E-state index contributed by atoms with van der Waals surface area (Å²) in [5, 5.41) is 13.3. The Morgan fingerprint density at radius 1 is 1.24 bits per heavy atom. The number of amides is 1. The van der Waals surface area contributed by atoms with Crippen LogP contribution < -0.4 is 5.32 Å². The van der Waals surface area contributed by atoms with Crippen LogP contribution in [-0.4, -0.2) is 31.4 Å². The van der Waals surface area contributed by atoms with Gasteiger partial charge < -0.3 is 5.32 Å². The number of nitrogens with one attached hydrogen (secondary N) is 1. The van der Waals surface area contributed by atoms with Gasteiger partial charge in [-0.05, 0) is 54.1 Å². The molecule has 1 amide bonds. The molecule has 0 fully saturated rings. The molecule has 0 bridgehead atoms. The fraction of sp³-hybridized carbons (Fsp3) is 0.222. The van der Waals surface area contributed by atoms with Crippen molar-refractivity contribution in [2.24, 2.45) is 0 Å². The van der Waals surface area contributed by atoms with Crippen molar-refractivity contribution in [1.82, 2.24) is 20.2 Å². The van der Waals surface area contributed by atoms with Gasteiger partial charge in [0.15, 0.2) is 0 Å². The molecule has 2 aromatic carbocycles. The first-order chi connectivity index (χ1) is 13.7. The van der Waals surface area contributed by atoms with E-state index in [0.29, 0.717) is 5.16 Å². The monoisotopic (exact) mass is 441 g/mol. The second-order valence-electron chi connectivity index (χ2n) is 6.10. The minimum atomic E-state index is -4.62. The maximum absolute atomic E-state index is 13.0. The quantitative estimate of drug-likeness (QED) is 0.578. The minimum Gasteiger partial charge on any atom is -0.325 e. The number of carbonyl (C=O) groups excluding carboxylic acids is 1. The number of alkyl halides is 3. The molecule has 0 aliphatic carbocycles. The number of rotatable bonds is 5. The highest BCUT2D eigenvalue weighted by molar-refractivity contribution is 8.00. The first-order valence-electron chi connectivity index (χ1n) is 8.35. The van der Waals surface area contributed by atoms with E-state index in [0.717, 1.165) is 35.1 Å². The van der Waals surface area contributed by atoms with Gasteiger partial charge in [0.2, 0.25) is 11.1 Å². The Morgan fingerprint density at radius 3 is 2.66 bits per heavy atom. The van der Waals surface area contributed by atoms with Gasteiger partial charge in [-0.15, -0.1) is 5.10 Å². The maximum Gasteiger partial charge on any atom is 0.417 e. The van der Waals surface area contributed by atoms with Crippen LogP contribution in [0.4, 0.5) is 18.9 Å². The highest BCUT2D eigenvalue weighted by Crippen LogP contribution is 2.36. The molecule has 1 unspecified atom stereocenters. The number of anilines is 1. The van der Waals surface area contributed by atoms with Crippen molar-refractivity contribution in [3.8, 4) is 5.69 Å². The van der Waals surface area contributed by atoms with E-state index in [-0.39, 0.29) is 5.69 Å². The smallest absolute Gasteiger partial charge is 0.325 e. The average Bonchev–Trinajstić information content (AvgIpc) is 3.10. The number of para-hydroxylation sites is 1. The second-order valence-corrected chi connectivity index (χ2v) is 7.82. The summed E-state index contributed by atoms with van der Waals surface area (Å²) in [4.78, 5) is 12.5. The molecule has 3 rings (SSSR count). The van der Waals surface area contributed by atoms with Gasteiger partial charge in [0.05, 0.1) is 21.5 Å². The van der Waals surface area contributed by atoms with Crippen LogP contribution >= 0.6 is 23.4 Å². The van der Waals surface area contributed by atoms with Crippen molar-refractivity contribution in [3.05, 3.63) is 58.6 Å². The maximum atomic E-state index is 13.0. The lowest BCUT2D eigenvalue weighted by atomic mass is 10.2. The zero-order chi connectivity index (χ0) is 21.2. The van der Waals surface area contributed by atoms with Gasteiger partial charge in [-0.2, -0.15) is 17.9 Å². The third-order valence-electron chi connectivity index (χ3n) is 3.98. The van der Waals surface area contributed by atoms with Gasteiger partial charge >= 0.3 is 6.18 Å². The van der Waals surface area contributed by atoms with Crippen molar-refractivity contribution in [2.45, 2.75) is 30.4 Å². The molecule has 0 aliphatic rings. The van der Waals surface area contributed by atoms with Crippen LogP contribution in [-0.2, 0) is 11.0 Å². The number of aryl methyl sites for hydroxylation is 1. The highest BCUT2D eigenvalue weighted by Gasteiger charge is 2.33. The van der Waals surface area contributed by atoms with Crippen molar-refractivity contribution in [3.63, 3.8) is 0 Å². The van der Waals surface area contributed by atoms with Crippen LogP contribution in [0.15, 0.2) is 47.6 Å². The van der Waals surface area contributed by atoms with Crippen LogP contribution in [0.5, 0.6) is 0 Å². The van der Waals surface area contributed by atoms with Gasteiger partial charge in [0.25, 0.3) is 0 Å². The summed E-state index contributed by atoms with van der Waals surface area (Å²) in [7, 11) is 0. The molecule has 3 aromatic rings. The van der Waals surface area contributed by atoms with Crippen molar-refractivity contribution < 1.29 is 18.0 Å². The van der Waals surface area contributed by atoms with Crippen LogP contribution in [0.25, 0.3) is 5.69 Å². The van der Waals surface area contributed by atoms with E-state index in [1.165, 1.54) is 10.7 Å². The summed E-state index contributed by atoms with van der Waals surface area (Å²) in [6.07, 6.45) is -4.62. The number of halogens is 4. The first-order valence-corrected chi connectivity index (χ1v) is 9.61. The fourth-order valence-electron chi connectivity index (χ4n) is 2.48. The van der Waals surface area contributed by atoms with E-state index in [2.05, 4.69) is 20.8 Å². The Morgan fingerprint density at radius 2 is 1.97 bits per heavy atom. The Labute approximate surface area is 173 Å². The predicted octanol–water partition coefficient (Wildman–Crippen LogP) is 4.76. The zero-order valence-corrected chi connectivity index (χ0v) is 16.8. The third-order valence-corrected chi connectivity index (χ3v) is 5.34. The van der Waals surface area contributed by atoms with E-state index in [4.69, 9.17) is 11.6 Å². The molecule has 0 aliphatic heterocycles. The Kier molecular flexibility index (Phi) is 6.13. The van der Waals surface area contributed by atoms with E-state index < -0.39 is 27.9 Å². The topological polar surface area (TPSA) is 72.7 Å². The number of nitrogens with zero attached hydrogens (tertiary/aromatic N) is 4. The molecule has 29 heavy (non-hydrogen) atoms. The lowest BCUT2D eigenvalue weighted by Crippen LogP contribution is -2.23. The van der Waals surface area contributed by atoms with Gasteiger partial charge in [-0.1, -0.05) is 41.6 Å². The molecular weight excluding hydrogens is 427 g/mol. The van der Waals surface area contributed by atoms with E-state index in [1.54, 1.807) is 6.92 Å². The number of thioether (sulfide) groups is 1. The molecule has 0 radical (unpaired) electrons. The standard InChI is InChI=1S/C18H15ClF3N5OS/c1-10-5-3-4-6-15(10)27-17(24-25-26-27)29-11(2)16(28)23-12-7-8-14(19)13(9-12)18(20,21)22/h3-9,11H,1-2H3,(H,23,28). The lowest BCUT2D eigenvalue weighted by Gasteiger charge is -2.14. The van der Waals surface area contributed by atoms with Crippen LogP contribution in [0, 0.1) is 6.92 Å². The van der Waals surface area contributed by atoms with Crippen LogP contribution in [0.2, 0.25) is 5.02 Å². The zero-order valence-electron chi connectivity index (χ0n) is 15.2. The van der Waals surface area contributed by atoms with E-state index >= 15 is 0 Å². The minimum absolute atomic E-state index is 0.00216. The molecule has 6 nitrogen and oxygen atoms in total. The second kappa shape index (κ2) is 8.42. The third kappa shape index (κ3) is 4.88. The average molecular weight is 442 g/mol. The first kappa shape index (κ1) is 21.1. The van der Waals surface area contributed by atoms with Gasteiger partial charge in [0.1, 0.15) is 0 Å². The predicted molar refractivity (Wildman–Crippen MR) is 104 cm³/mol. The molecule has 0 spiro atoms. The molecule has 1 atom stereocenters. The summed E-state index contributed by atoms with van der Waals surface area (Å²) in [5.74, 6) is -0.496. The van der Waals surface area contributed by atoms with Crippen molar-refractivity contribution in [1.29, 1.82) is 0 Å². The number of hydrogen-bond acceptors (Lipinski definition) is 5. The number of aromatic nitrogens is 4. The molecular formula is C18H15ClF3N5OS. The SMILES string of the molecule is Cc1ccccc1-n1nnnc1SC(C)C(=O)Nc1ccc(Cl)c(C(F)(F)F)c1. The van der Waals surface area contributed by atoms with E-state index in [9.17, 15) is 18.0 Å². The molecule has 1 N–H and O–H groups in total.